The fourth-order valence-electron chi connectivity index (χ4n) is 1.75. The molecule has 0 fully saturated rings. The topological polar surface area (TPSA) is 50.9 Å². The number of nitrogens with one attached hydrogen (secondary N) is 1. The maximum Gasteiger partial charge on any atom is 0.123 e. The molecule has 3 N–H and O–H groups in total. The lowest BCUT2D eigenvalue weighted by atomic mass is 10.0. The summed E-state index contributed by atoms with van der Waals surface area (Å²) in [5.74, 6) is 5.20. The molecule has 5 heteroatoms. The number of hydrogen-bond acceptors (Lipinski definition) is 3. The first kappa shape index (κ1) is 13.0. The Balaban J connectivity index is 2.23. The van der Waals surface area contributed by atoms with E-state index in [0.717, 1.165) is 5.69 Å². The van der Waals surface area contributed by atoms with E-state index in [9.17, 15) is 4.39 Å². The summed E-state index contributed by atoms with van der Waals surface area (Å²) in [4.78, 5) is 4.22. The molecule has 18 heavy (non-hydrogen) atoms. The van der Waals surface area contributed by atoms with Crippen molar-refractivity contribution in [1.29, 1.82) is 0 Å². The third kappa shape index (κ3) is 3.04. The van der Waals surface area contributed by atoms with Crippen LogP contribution in [0.4, 0.5) is 4.39 Å². The molecule has 0 saturated carbocycles. The highest BCUT2D eigenvalue weighted by atomic mass is 35.5. The minimum Gasteiger partial charge on any atom is -0.271 e. The molecule has 0 aliphatic carbocycles. The van der Waals surface area contributed by atoms with Crippen LogP contribution in [0.1, 0.15) is 17.3 Å². The van der Waals surface area contributed by atoms with E-state index in [1.807, 2.05) is 18.2 Å². The van der Waals surface area contributed by atoms with Gasteiger partial charge in [0.05, 0.1) is 11.7 Å². The smallest absolute Gasteiger partial charge is 0.123 e. The molecular formula is C13H13ClFN3. The second kappa shape index (κ2) is 5.91. The Kier molecular flexibility index (Phi) is 4.25. The number of nitrogens with zero attached hydrogens (tertiary/aromatic N) is 1. The van der Waals surface area contributed by atoms with E-state index in [4.69, 9.17) is 17.4 Å². The van der Waals surface area contributed by atoms with Gasteiger partial charge in [-0.05, 0) is 42.3 Å². The van der Waals surface area contributed by atoms with Crippen molar-refractivity contribution in [1.82, 2.24) is 10.4 Å². The van der Waals surface area contributed by atoms with Crippen LogP contribution in [0.3, 0.4) is 0 Å². The van der Waals surface area contributed by atoms with Crippen LogP contribution in [-0.4, -0.2) is 4.98 Å². The standard InChI is InChI=1S/C13H13ClFN3/c14-11-5-4-10(15)7-9(11)8-13(18-16)12-3-1-2-6-17-12/h1-7,13,18H,8,16H2. The molecule has 0 saturated heterocycles. The molecule has 0 spiro atoms. The van der Waals surface area contributed by atoms with E-state index in [1.165, 1.54) is 18.2 Å². The molecule has 1 aromatic carbocycles. The lowest BCUT2D eigenvalue weighted by molar-refractivity contribution is 0.536. The van der Waals surface area contributed by atoms with Crippen LogP contribution in [-0.2, 0) is 6.42 Å². The van der Waals surface area contributed by atoms with Gasteiger partial charge in [-0.25, -0.2) is 4.39 Å². The van der Waals surface area contributed by atoms with Crippen molar-refractivity contribution in [3.05, 3.63) is 64.7 Å². The Morgan fingerprint density at radius 1 is 1.33 bits per heavy atom. The first-order valence-electron chi connectivity index (χ1n) is 5.51. The monoisotopic (exact) mass is 265 g/mol. The van der Waals surface area contributed by atoms with Crippen LogP contribution in [0.15, 0.2) is 42.6 Å². The number of rotatable bonds is 4. The van der Waals surface area contributed by atoms with Crippen LogP contribution in [0, 0.1) is 5.82 Å². The van der Waals surface area contributed by atoms with Gasteiger partial charge in [-0.2, -0.15) is 0 Å². The van der Waals surface area contributed by atoms with Gasteiger partial charge < -0.3 is 0 Å². The second-order valence-electron chi connectivity index (χ2n) is 3.91. The van der Waals surface area contributed by atoms with Crippen LogP contribution >= 0.6 is 11.6 Å². The molecular weight excluding hydrogens is 253 g/mol. The zero-order chi connectivity index (χ0) is 13.0. The summed E-state index contributed by atoms with van der Waals surface area (Å²) in [6, 6.07) is 9.64. The Bertz CT molecular complexity index is 519. The molecule has 0 amide bonds. The van der Waals surface area contributed by atoms with Crippen LogP contribution in [0.2, 0.25) is 5.02 Å². The molecule has 0 radical (unpaired) electrons. The SMILES string of the molecule is NNC(Cc1cc(F)ccc1Cl)c1ccccn1. The lowest BCUT2D eigenvalue weighted by Gasteiger charge is -2.16. The minimum atomic E-state index is -0.314. The third-order valence-electron chi connectivity index (χ3n) is 2.68. The molecule has 2 rings (SSSR count). The summed E-state index contributed by atoms with van der Waals surface area (Å²) in [5.41, 5.74) is 4.16. The minimum absolute atomic E-state index is 0.203. The fraction of sp³-hybridized carbons (Fsp3) is 0.154. The average Bonchev–Trinajstić information content (AvgIpc) is 2.41. The Morgan fingerprint density at radius 2 is 2.17 bits per heavy atom. The number of benzene rings is 1. The Labute approximate surface area is 110 Å². The molecule has 1 aromatic heterocycles. The molecule has 1 atom stereocenters. The van der Waals surface area contributed by atoms with Crippen molar-refractivity contribution in [2.24, 2.45) is 5.84 Å². The molecule has 94 valence electrons. The van der Waals surface area contributed by atoms with Crippen LogP contribution in [0.25, 0.3) is 0 Å². The number of hydrazine groups is 1. The summed E-state index contributed by atoms with van der Waals surface area (Å²) >= 11 is 6.03. The van der Waals surface area contributed by atoms with E-state index < -0.39 is 0 Å². The summed E-state index contributed by atoms with van der Waals surface area (Å²) in [7, 11) is 0. The summed E-state index contributed by atoms with van der Waals surface area (Å²) < 4.78 is 13.2. The van der Waals surface area contributed by atoms with Gasteiger partial charge in [0.25, 0.3) is 0 Å². The maximum absolute atomic E-state index is 13.2. The number of nitrogens with two attached hydrogens (primary N) is 1. The largest absolute Gasteiger partial charge is 0.271 e. The normalized spacial score (nSPS) is 12.4. The molecule has 0 aliphatic heterocycles. The third-order valence-corrected chi connectivity index (χ3v) is 3.05. The van der Waals surface area contributed by atoms with Crippen molar-refractivity contribution in [2.75, 3.05) is 0 Å². The van der Waals surface area contributed by atoms with Crippen molar-refractivity contribution >= 4 is 11.6 Å². The molecule has 3 nitrogen and oxygen atoms in total. The number of halogens is 2. The summed E-state index contributed by atoms with van der Waals surface area (Å²) in [5, 5.41) is 0.521. The van der Waals surface area contributed by atoms with Crippen molar-refractivity contribution in [3.8, 4) is 0 Å². The van der Waals surface area contributed by atoms with Crippen molar-refractivity contribution in [2.45, 2.75) is 12.5 Å². The Morgan fingerprint density at radius 3 is 2.83 bits per heavy atom. The van der Waals surface area contributed by atoms with Gasteiger partial charge in [0.2, 0.25) is 0 Å². The van der Waals surface area contributed by atoms with Gasteiger partial charge in [-0.3, -0.25) is 16.3 Å². The number of hydrogen-bond donors (Lipinski definition) is 2. The zero-order valence-electron chi connectivity index (χ0n) is 9.61. The first-order chi connectivity index (χ1) is 8.70. The molecule has 2 aromatic rings. The molecule has 0 bridgehead atoms. The van der Waals surface area contributed by atoms with Gasteiger partial charge in [0.1, 0.15) is 5.82 Å². The predicted octanol–water partition coefficient (Wildman–Crippen LogP) is 2.62. The van der Waals surface area contributed by atoms with E-state index in [2.05, 4.69) is 10.4 Å². The van der Waals surface area contributed by atoms with Gasteiger partial charge in [0.15, 0.2) is 0 Å². The van der Waals surface area contributed by atoms with Crippen LogP contribution in [0.5, 0.6) is 0 Å². The van der Waals surface area contributed by atoms with Crippen molar-refractivity contribution < 1.29 is 4.39 Å². The summed E-state index contributed by atoms with van der Waals surface area (Å²) in [6.07, 6.45) is 2.16. The fourth-order valence-corrected chi connectivity index (χ4v) is 1.95. The average molecular weight is 266 g/mol. The molecule has 0 aliphatic rings. The first-order valence-corrected chi connectivity index (χ1v) is 5.89. The van der Waals surface area contributed by atoms with Crippen molar-refractivity contribution in [3.63, 3.8) is 0 Å². The molecule has 1 heterocycles. The highest BCUT2D eigenvalue weighted by Gasteiger charge is 2.14. The second-order valence-corrected chi connectivity index (χ2v) is 4.32. The van der Waals surface area contributed by atoms with Gasteiger partial charge in [0, 0.05) is 11.2 Å². The quantitative estimate of drug-likeness (QED) is 0.660. The van der Waals surface area contributed by atoms with E-state index in [1.54, 1.807) is 6.20 Å². The van der Waals surface area contributed by atoms with Gasteiger partial charge in [-0.15, -0.1) is 0 Å². The number of aromatic nitrogens is 1. The zero-order valence-corrected chi connectivity index (χ0v) is 10.4. The highest BCUT2D eigenvalue weighted by molar-refractivity contribution is 6.31. The van der Waals surface area contributed by atoms with Gasteiger partial charge >= 0.3 is 0 Å². The van der Waals surface area contributed by atoms with E-state index in [-0.39, 0.29) is 11.9 Å². The summed E-state index contributed by atoms with van der Waals surface area (Å²) in [6.45, 7) is 0. The van der Waals surface area contributed by atoms with Crippen LogP contribution < -0.4 is 11.3 Å². The Hall–Kier alpha value is -1.49. The molecule has 1 unspecified atom stereocenters. The maximum atomic E-state index is 13.2. The highest BCUT2D eigenvalue weighted by Crippen LogP contribution is 2.23. The van der Waals surface area contributed by atoms with Gasteiger partial charge in [-0.1, -0.05) is 17.7 Å². The van der Waals surface area contributed by atoms with E-state index in [0.29, 0.717) is 17.0 Å². The predicted molar refractivity (Wildman–Crippen MR) is 69.4 cm³/mol. The number of pyridine rings is 1. The van der Waals surface area contributed by atoms with E-state index >= 15 is 0 Å². The lowest BCUT2D eigenvalue weighted by Crippen LogP contribution is -2.30.